The zero-order chi connectivity index (χ0) is 20.8. The van der Waals surface area contributed by atoms with E-state index in [0.717, 1.165) is 28.3 Å². The number of hydrogen-bond acceptors (Lipinski definition) is 7. The standard InChI is InChI=1S/C20H25N5O3S/c1-13-17(14(2)25-19(22-13)23-20(24-25)29-4)11-18(26)21-12-15-6-5-7-16(10-15)28-9-8-27-3/h5-7,10H,8-9,11-12H2,1-4H3,(H,21,26). The van der Waals surface area contributed by atoms with Crippen LogP contribution in [0.5, 0.6) is 5.75 Å². The Morgan fingerprint density at radius 2 is 2.07 bits per heavy atom. The summed E-state index contributed by atoms with van der Waals surface area (Å²) in [5, 5.41) is 8.05. The van der Waals surface area contributed by atoms with Gasteiger partial charge in [0.2, 0.25) is 11.1 Å². The smallest absolute Gasteiger partial charge is 0.253 e. The first kappa shape index (κ1) is 21.1. The summed E-state index contributed by atoms with van der Waals surface area (Å²) in [6, 6.07) is 7.66. The highest BCUT2D eigenvalue weighted by Gasteiger charge is 2.16. The van der Waals surface area contributed by atoms with Crippen molar-refractivity contribution in [2.45, 2.75) is 32.0 Å². The van der Waals surface area contributed by atoms with Gasteiger partial charge in [-0.25, -0.2) is 9.50 Å². The van der Waals surface area contributed by atoms with Gasteiger partial charge in [0, 0.05) is 30.6 Å². The average molecular weight is 416 g/mol. The zero-order valence-corrected chi connectivity index (χ0v) is 17.9. The summed E-state index contributed by atoms with van der Waals surface area (Å²) in [7, 11) is 1.64. The van der Waals surface area contributed by atoms with Gasteiger partial charge in [0.1, 0.15) is 12.4 Å². The molecule has 154 valence electrons. The van der Waals surface area contributed by atoms with Gasteiger partial charge in [0.15, 0.2) is 0 Å². The quantitative estimate of drug-likeness (QED) is 0.424. The van der Waals surface area contributed by atoms with Crippen LogP contribution in [0.1, 0.15) is 22.5 Å². The largest absolute Gasteiger partial charge is 0.491 e. The molecule has 0 bridgehead atoms. The highest BCUT2D eigenvalue weighted by Crippen LogP contribution is 2.17. The Morgan fingerprint density at radius 1 is 1.24 bits per heavy atom. The number of aromatic nitrogens is 4. The van der Waals surface area contributed by atoms with Gasteiger partial charge in [0.05, 0.1) is 13.0 Å². The van der Waals surface area contributed by atoms with Crippen LogP contribution in [0, 0.1) is 13.8 Å². The van der Waals surface area contributed by atoms with E-state index in [1.807, 2.05) is 44.4 Å². The third kappa shape index (κ3) is 5.24. The number of hydrogen-bond donors (Lipinski definition) is 1. The molecule has 1 amide bonds. The first-order valence-corrected chi connectivity index (χ1v) is 10.5. The second-order valence-electron chi connectivity index (χ2n) is 6.51. The Morgan fingerprint density at radius 3 is 2.83 bits per heavy atom. The van der Waals surface area contributed by atoms with Gasteiger partial charge in [0.25, 0.3) is 5.78 Å². The molecule has 0 aliphatic heterocycles. The van der Waals surface area contributed by atoms with E-state index in [4.69, 9.17) is 9.47 Å². The van der Waals surface area contributed by atoms with Gasteiger partial charge in [-0.3, -0.25) is 4.79 Å². The Labute approximate surface area is 174 Å². The summed E-state index contributed by atoms with van der Waals surface area (Å²) in [4.78, 5) is 21.4. The summed E-state index contributed by atoms with van der Waals surface area (Å²) in [5.41, 5.74) is 3.50. The number of amides is 1. The molecular weight excluding hydrogens is 390 g/mol. The van der Waals surface area contributed by atoms with Crippen LogP contribution in [-0.2, 0) is 22.5 Å². The first-order valence-electron chi connectivity index (χ1n) is 9.26. The Bertz CT molecular complexity index is 1010. The van der Waals surface area contributed by atoms with Crippen molar-refractivity contribution in [3.05, 3.63) is 46.8 Å². The molecule has 0 radical (unpaired) electrons. The molecule has 9 heteroatoms. The van der Waals surface area contributed by atoms with Crippen molar-refractivity contribution in [2.75, 3.05) is 26.6 Å². The fraction of sp³-hybridized carbons (Fsp3) is 0.400. The SMILES string of the molecule is COCCOc1cccc(CNC(=O)Cc2c(C)nc3nc(SC)nn3c2C)c1. The molecule has 0 aliphatic rings. The molecule has 29 heavy (non-hydrogen) atoms. The van der Waals surface area contributed by atoms with E-state index in [1.165, 1.54) is 11.8 Å². The predicted octanol–water partition coefficient (Wildman–Crippen LogP) is 2.35. The number of nitrogens with one attached hydrogen (secondary N) is 1. The van der Waals surface area contributed by atoms with Gasteiger partial charge in [-0.2, -0.15) is 4.98 Å². The number of carbonyl (C=O) groups is 1. The molecule has 0 saturated carbocycles. The predicted molar refractivity (Wildman–Crippen MR) is 111 cm³/mol. The molecule has 8 nitrogen and oxygen atoms in total. The first-order chi connectivity index (χ1) is 14.0. The van der Waals surface area contributed by atoms with Crippen LogP contribution in [0.15, 0.2) is 29.4 Å². The molecule has 2 heterocycles. The minimum Gasteiger partial charge on any atom is -0.491 e. The number of fused-ring (bicyclic) bond motifs is 1. The zero-order valence-electron chi connectivity index (χ0n) is 17.1. The van der Waals surface area contributed by atoms with Gasteiger partial charge < -0.3 is 14.8 Å². The topological polar surface area (TPSA) is 90.6 Å². The molecule has 0 fully saturated rings. The third-order valence-corrected chi connectivity index (χ3v) is 5.03. The monoisotopic (exact) mass is 415 g/mol. The molecule has 0 unspecified atom stereocenters. The van der Waals surface area contributed by atoms with E-state index in [-0.39, 0.29) is 12.3 Å². The molecule has 1 N–H and O–H groups in total. The number of aryl methyl sites for hydroxylation is 2. The summed E-state index contributed by atoms with van der Waals surface area (Å²) in [6.45, 7) is 5.27. The van der Waals surface area contributed by atoms with Crippen LogP contribution in [0.4, 0.5) is 0 Å². The molecule has 2 aromatic heterocycles. The van der Waals surface area contributed by atoms with Gasteiger partial charge in [-0.15, -0.1) is 5.10 Å². The van der Waals surface area contributed by atoms with Gasteiger partial charge in [-0.1, -0.05) is 23.9 Å². The van der Waals surface area contributed by atoms with Crippen molar-refractivity contribution in [1.29, 1.82) is 0 Å². The van der Waals surface area contributed by atoms with Crippen LogP contribution < -0.4 is 10.1 Å². The fourth-order valence-corrected chi connectivity index (χ4v) is 3.28. The molecular formula is C20H25N5O3S. The number of carbonyl (C=O) groups excluding carboxylic acids is 1. The molecule has 0 aliphatic carbocycles. The van der Waals surface area contributed by atoms with Gasteiger partial charge >= 0.3 is 0 Å². The second kappa shape index (κ2) is 9.71. The van der Waals surface area contributed by atoms with Crippen molar-refractivity contribution in [2.24, 2.45) is 0 Å². The molecule has 0 spiro atoms. The van der Waals surface area contributed by atoms with Crippen LogP contribution in [-0.4, -0.2) is 52.1 Å². The molecule has 3 rings (SSSR count). The number of benzene rings is 1. The summed E-state index contributed by atoms with van der Waals surface area (Å²) < 4.78 is 12.3. The van der Waals surface area contributed by atoms with Crippen LogP contribution >= 0.6 is 11.8 Å². The van der Waals surface area contributed by atoms with Crippen molar-refractivity contribution < 1.29 is 14.3 Å². The average Bonchev–Trinajstić information content (AvgIpc) is 3.13. The Kier molecular flexibility index (Phi) is 7.05. The number of methoxy groups -OCH3 is 1. The molecule has 1 aromatic carbocycles. The number of rotatable bonds is 9. The highest BCUT2D eigenvalue weighted by molar-refractivity contribution is 7.98. The van der Waals surface area contributed by atoms with E-state index in [9.17, 15) is 4.79 Å². The number of thioether (sulfide) groups is 1. The fourth-order valence-electron chi connectivity index (χ4n) is 2.94. The molecule has 0 saturated heterocycles. The normalized spacial score (nSPS) is 11.0. The maximum atomic E-state index is 12.5. The van der Waals surface area contributed by atoms with E-state index in [2.05, 4.69) is 20.4 Å². The van der Waals surface area contributed by atoms with Crippen LogP contribution in [0.25, 0.3) is 5.78 Å². The highest BCUT2D eigenvalue weighted by atomic mass is 32.2. The minimum atomic E-state index is -0.0757. The van der Waals surface area contributed by atoms with E-state index >= 15 is 0 Å². The Balaban J connectivity index is 1.64. The summed E-state index contributed by atoms with van der Waals surface area (Å²) in [6.07, 6.45) is 2.15. The molecule has 3 aromatic rings. The second-order valence-corrected chi connectivity index (χ2v) is 7.29. The van der Waals surface area contributed by atoms with E-state index in [0.29, 0.717) is 30.7 Å². The van der Waals surface area contributed by atoms with Crippen LogP contribution in [0.2, 0.25) is 0 Å². The number of ether oxygens (including phenoxy) is 2. The van der Waals surface area contributed by atoms with Gasteiger partial charge in [-0.05, 0) is 37.8 Å². The maximum absolute atomic E-state index is 12.5. The van der Waals surface area contributed by atoms with E-state index < -0.39 is 0 Å². The lowest BCUT2D eigenvalue weighted by molar-refractivity contribution is -0.120. The van der Waals surface area contributed by atoms with Crippen molar-refractivity contribution >= 4 is 23.4 Å². The van der Waals surface area contributed by atoms with Crippen molar-refractivity contribution in [3.8, 4) is 5.75 Å². The maximum Gasteiger partial charge on any atom is 0.253 e. The lowest BCUT2D eigenvalue weighted by Gasteiger charge is -2.11. The van der Waals surface area contributed by atoms with Crippen molar-refractivity contribution in [1.82, 2.24) is 24.9 Å². The molecule has 0 atom stereocenters. The Hall–Kier alpha value is -2.65. The third-order valence-electron chi connectivity index (χ3n) is 4.49. The lowest BCUT2D eigenvalue weighted by atomic mass is 10.1. The lowest BCUT2D eigenvalue weighted by Crippen LogP contribution is -2.26. The summed E-state index contributed by atoms with van der Waals surface area (Å²) in [5.74, 6) is 1.23. The summed E-state index contributed by atoms with van der Waals surface area (Å²) >= 11 is 1.46. The van der Waals surface area contributed by atoms with Crippen LogP contribution in [0.3, 0.4) is 0 Å². The number of nitrogens with zero attached hydrogens (tertiary/aromatic N) is 4. The van der Waals surface area contributed by atoms with Crippen molar-refractivity contribution in [3.63, 3.8) is 0 Å². The minimum absolute atomic E-state index is 0.0757. The van der Waals surface area contributed by atoms with E-state index in [1.54, 1.807) is 11.6 Å².